The molecule has 8 heteroatoms. The lowest BCUT2D eigenvalue weighted by Gasteiger charge is -2.11. The lowest BCUT2D eigenvalue weighted by atomic mass is 10.1. The van der Waals surface area contributed by atoms with Crippen LogP contribution >= 0.6 is 0 Å². The number of pyridine rings is 1. The monoisotopic (exact) mass is 387 g/mol. The summed E-state index contributed by atoms with van der Waals surface area (Å²) in [6.45, 7) is 5.48. The zero-order valence-electron chi connectivity index (χ0n) is 16.4. The molecule has 5 rings (SSSR count). The molecule has 1 aromatic carbocycles. The molecule has 0 aliphatic heterocycles. The Morgan fingerprint density at radius 2 is 1.83 bits per heavy atom. The van der Waals surface area contributed by atoms with E-state index in [1.54, 1.807) is 21.5 Å². The lowest BCUT2D eigenvalue weighted by Crippen LogP contribution is -2.24. The van der Waals surface area contributed by atoms with Crippen molar-refractivity contribution in [2.75, 3.05) is 0 Å². The minimum absolute atomic E-state index is 0.0913. The van der Waals surface area contributed by atoms with Gasteiger partial charge in [0.2, 0.25) is 5.78 Å². The Labute approximate surface area is 166 Å². The molecule has 0 fully saturated rings. The van der Waals surface area contributed by atoms with Crippen LogP contribution in [0.5, 0.6) is 0 Å². The second-order valence-corrected chi connectivity index (χ2v) is 7.66. The highest BCUT2D eigenvalue weighted by molar-refractivity contribution is 6.02. The van der Waals surface area contributed by atoms with E-state index in [-0.39, 0.29) is 5.56 Å². The molecule has 5 aromatic rings. The van der Waals surface area contributed by atoms with Gasteiger partial charge in [0, 0.05) is 12.7 Å². The van der Waals surface area contributed by atoms with Crippen LogP contribution in [0.15, 0.2) is 53.8 Å². The summed E-state index contributed by atoms with van der Waals surface area (Å²) >= 11 is 0. The molecule has 0 atom stereocenters. The van der Waals surface area contributed by atoms with Gasteiger partial charge < -0.3 is 0 Å². The predicted octanol–water partition coefficient (Wildman–Crippen LogP) is 2.88. The molecule has 146 valence electrons. The molecule has 4 heterocycles. The van der Waals surface area contributed by atoms with Crippen LogP contribution in [0, 0.1) is 5.92 Å². The lowest BCUT2D eigenvalue weighted by molar-refractivity contribution is 0.512. The van der Waals surface area contributed by atoms with Crippen LogP contribution in [0.2, 0.25) is 0 Å². The van der Waals surface area contributed by atoms with Gasteiger partial charge in [-0.3, -0.25) is 9.36 Å². The van der Waals surface area contributed by atoms with E-state index in [4.69, 9.17) is 0 Å². The van der Waals surface area contributed by atoms with Crippen LogP contribution in [0.25, 0.3) is 27.7 Å². The fraction of sp³-hybridized carbons (Fsp3) is 0.286. The van der Waals surface area contributed by atoms with Crippen molar-refractivity contribution in [3.63, 3.8) is 0 Å². The van der Waals surface area contributed by atoms with Gasteiger partial charge >= 0.3 is 0 Å². The average Bonchev–Trinajstić information content (AvgIpc) is 3.36. The highest BCUT2D eigenvalue weighted by Gasteiger charge is 2.18. The number of rotatable bonds is 5. The Bertz CT molecular complexity index is 1380. The Morgan fingerprint density at radius 1 is 1.00 bits per heavy atom. The Balaban J connectivity index is 1.73. The summed E-state index contributed by atoms with van der Waals surface area (Å²) in [5.74, 6) is 1.03. The number of fused-ring (bicyclic) bond motifs is 5. The van der Waals surface area contributed by atoms with Crippen LogP contribution in [0.3, 0.4) is 0 Å². The van der Waals surface area contributed by atoms with Crippen molar-refractivity contribution in [2.45, 2.75) is 33.4 Å². The molecule has 8 nitrogen and oxygen atoms in total. The van der Waals surface area contributed by atoms with Crippen LogP contribution in [0.4, 0.5) is 0 Å². The van der Waals surface area contributed by atoms with E-state index in [0.29, 0.717) is 35.7 Å². The van der Waals surface area contributed by atoms with Gasteiger partial charge in [-0.05, 0) is 17.9 Å². The number of aryl methyl sites for hydroxylation is 1. The molecular formula is C21H21N7O. The molecule has 0 amide bonds. The van der Waals surface area contributed by atoms with E-state index in [0.717, 1.165) is 23.0 Å². The summed E-state index contributed by atoms with van der Waals surface area (Å²) < 4.78 is 5.27. The van der Waals surface area contributed by atoms with Gasteiger partial charge in [0.15, 0.2) is 5.65 Å². The van der Waals surface area contributed by atoms with Crippen LogP contribution in [-0.4, -0.2) is 33.9 Å². The van der Waals surface area contributed by atoms with Gasteiger partial charge in [0.05, 0.1) is 29.0 Å². The Hall–Kier alpha value is -3.55. The summed E-state index contributed by atoms with van der Waals surface area (Å²) in [5, 5.41) is 10.2. The summed E-state index contributed by atoms with van der Waals surface area (Å²) in [6.07, 6.45) is 5.77. The zero-order chi connectivity index (χ0) is 20.0. The van der Waals surface area contributed by atoms with Crippen LogP contribution in [-0.2, 0) is 13.1 Å². The van der Waals surface area contributed by atoms with Gasteiger partial charge in [0.25, 0.3) is 5.56 Å². The standard InChI is InChI=1S/C21H21N7O/c1-14(2)8-9-26-20(29)17-10-22-19-16(18(17)28-21(26)23-13-25-28)11-24-27(19)12-15-6-4-3-5-7-15/h3-7,10-11,13-14H,8-9,12H2,1-2H3. The van der Waals surface area contributed by atoms with E-state index in [1.807, 2.05) is 22.9 Å². The summed E-state index contributed by atoms with van der Waals surface area (Å²) in [6, 6.07) is 10.1. The minimum Gasteiger partial charge on any atom is -0.276 e. The maximum Gasteiger partial charge on any atom is 0.264 e. The molecule has 0 N–H and O–H groups in total. The third kappa shape index (κ3) is 2.88. The second kappa shape index (κ2) is 6.80. The molecule has 0 aliphatic carbocycles. The second-order valence-electron chi connectivity index (χ2n) is 7.66. The first-order valence-electron chi connectivity index (χ1n) is 9.74. The van der Waals surface area contributed by atoms with Crippen molar-refractivity contribution in [3.8, 4) is 0 Å². The number of aromatic nitrogens is 7. The normalized spacial score (nSPS) is 12.0. The zero-order valence-corrected chi connectivity index (χ0v) is 16.4. The molecule has 0 radical (unpaired) electrons. The summed E-state index contributed by atoms with van der Waals surface area (Å²) in [4.78, 5) is 22.1. The van der Waals surface area contributed by atoms with Crippen molar-refractivity contribution in [1.29, 1.82) is 0 Å². The molecule has 29 heavy (non-hydrogen) atoms. The van der Waals surface area contributed by atoms with Gasteiger partial charge in [-0.25, -0.2) is 9.67 Å². The highest BCUT2D eigenvalue weighted by Crippen LogP contribution is 2.22. The topological polar surface area (TPSA) is 82.9 Å². The molecule has 0 bridgehead atoms. The molecule has 0 spiro atoms. The number of hydrogen-bond donors (Lipinski definition) is 0. The molecule has 0 saturated carbocycles. The highest BCUT2D eigenvalue weighted by atomic mass is 16.1. The number of hydrogen-bond acceptors (Lipinski definition) is 5. The average molecular weight is 387 g/mol. The maximum absolute atomic E-state index is 13.2. The number of benzene rings is 1. The van der Waals surface area contributed by atoms with Crippen molar-refractivity contribution >= 4 is 27.7 Å². The fourth-order valence-corrected chi connectivity index (χ4v) is 3.67. The largest absolute Gasteiger partial charge is 0.276 e. The molecule has 0 saturated heterocycles. The molecular weight excluding hydrogens is 366 g/mol. The number of nitrogens with zero attached hydrogens (tertiary/aromatic N) is 7. The van der Waals surface area contributed by atoms with E-state index >= 15 is 0 Å². The third-order valence-electron chi connectivity index (χ3n) is 5.20. The molecule has 0 aliphatic rings. The van der Waals surface area contributed by atoms with Gasteiger partial charge in [-0.1, -0.05) is 44.2 Å². The van der Waals surface area contributed by atoms with Gasteiger partial charge in [0.1, 0.15) is 6.33 Å². The fourth-order valence-electron chi connectivity index (χ4n) is 3.67. The summed E-state index contributed by atoms with van der Waals surface area (Å²) in [5.41, 5.74) is 2.46. The summed E-state index contributed by atoms with van der Waals surface area (Å²) in [7, 11) is 0. The first-order chi connectivity index (χ1) is 14.1. The van der Waals surface area contributed by atoms with Crippen LogP contribution < -0.4 is 5.56 Å². The predicted molar refractivity (Wildman–Crippen MR) is 111 cm³/mol. The first kappa shape index (κ1) is 17.5. The van der Waals surface area contributed by atoms with Crippen molar-refractivity contribution in [2.24, 2.45) is 5.92 Å². The van der Waals surface area contributed by atoms with E-state index in [1.165, 1.54) is 6.33 Å². The van der Waals surface area contributed by atoms with E-state index in [9.17, 15) is 4.79 Å². The van der Waals surface area contributed by atoms with Crippen molar-refractivity contribution < 1.29 is 0 Å². The quantitative estimate of drug-likeness (QED) is 0.463. The maximum atomic E-state index is 13.2. The van der Waals surface area contributed by atoms with Crippen molar-refractivity contribution in [1.82, 2.24) is 33.9 Å². The van der Waals surface area contributed by atoms with Gasteiger partial charge in [-0.2, -0.15) is 19.7 Å². The molecule has 4 aromatic heterocycles. The van der Waals surface area contributed by atoms with Gasteiger partial charge in [-0.15, -0.1) is 0 Å². The van der Waals surface area contributed by atoms with Crippen molar-refractivity contribution in [3.05, 3.63) is 65.0 Å². The molecule has 0 unspecified atom stereocenters. The Morgan fingerprint density at radius 3 is 2.62 bits per heavy atom. The van der Waals surface area contributed by atoms with E-state index < -0.39 is 0 Å². The Kier molecular flexibility index (Phi) is 4.12. The SMILES string of the molecule is CC(C)CCn1c(=O)c2cnc3c(cnn3Cc3ccccc3)c2n2ncnc12. The smallest absolute Gasteiger partial charge is 0.264 e. The minimum atomic E-state index is -0.0913. The third-order valence-corrected chi connectivity index (χ3v) is 5.20. The van der Waals surface area contributed by atoms with E-state index in [2.05, 4.69) is 46.1 Å². The van der Waals surface area contributed by atoms with Crippen LogP contribution in [0.1, 0.15) is 25.8 Å². The first-order valence-corrected chi connectivity index (χ1v) is 9.74.